The lowest BCUT2D eigenvalue weighted by Crippen LogP contribution is -2.26. The highest BCUT2D eigenvalue weighted by molar-refractivity contribution is 5.77. The maximum Gasteiger partial charge on any atom is 0.226 e. The fourth-order valence-corrected chi connectivity index (χ4v) is 1.19. The first-order valence-corrected chi connectivity index (χ1v) is 5.10. The summed E-state index contributed by atoms with van der Waals surface area (Å²) < 4.78 is 0. The zero-order chi connectivity index (χ0) is 10.9. The zero-order valence-electron chi connectivity index (χ0n) is 8.65. The van der Waals surface area contributed by atoms with E-state index in [4.69, 9.17) is 5.11 Å². The number of aliphatic hydroxyl groups excluding tert-OH is 1. The Morgan fingerprint density at radius 1 is 1.40 bits per heavy atom. The first-order chi connectivity index (χ1) is 7.33. The van der Waals surface area contributed by atoms with Crippen LogP contribution in [0.2, 0.25) is 0 Å². The van der Waals surface area contributed by atoms with Crippen LogP contribution in [0.1, 0.15) is 18.5 Å². The van der Waals surface area contributed by atoms with Gasteiger partial charge in [0.2, 0.25) is 5.91 Å². The number of nitrogens with one attached hydrogen (secondary N) is 1. The van der Waals surface area contributed by atoms with E-state index in [1.807, 2.05) is 18.2 Å². The van der Waals surface area contributed by atoms with Gasteiger partial charge >= 0.3 is 0 Å². The number of nitrogens with zero attached hydrogens (tertiary/aromatic N) is 1. The van der Waals surface area contributed by atoms with Gasteiger partial charge in [-0.2, -0.15) is 0 Å². The summed E-state index contributed by atoms with van der Waals surface area (Å²) in [4.78, 5) is 15.4. The van der Waals surface area contributed by atoms with Gasteiger partial charge in [-0.05, 0) is 25.0 Å². The fraction of sp³-hybridized carbons (Fsp3) is 0.455. The minimum atomic E-state index is -0.0216. The van der Waals surface area contributed by atoms with Crippen molar-refractivity contribution >= 4 is 5.91 Å². The molecule has 1 aromatic heterocycles. The number of pyridine rings is 1. The summed E-state index contributed by atoms with van der Waals surface area (Å²) in [5.41, 5.74) is 0.775. The second-order valence-electron chi connectivity index (χ2n) is 3.28. The van der Waals surface area contributed by atoms with Crippen molar-refractivity contribution in [2.75, 3.05) is 13.2 Å². The minimum Gasteiger partial charge on any atom is -0.396 e. The Kier molecular flexibility index (Phi) is 5.40. The molecule has 1 aromatic rings. The van der Waals surface area contributed by atoms with Gasteiger partial charge in [0, 0.05) is 25.0 Å². The highest BCUT2D eigenvalue weighted by Gasteiger charge is 2.02. The molecule has 2 N–H and O–H groups in total. The van der Waals surface area contributed by atoms with Gasteiger partial charge in [0.25, 0.3) is 0 Å². The van der Waals surface area contributed by atoms with Crippen molar-refractivity contribution in [2.45, 2.75) is 19.3 Å². The van der Waals surface area contributed by atoms with Crippen molar-refractivity contribution in [1.29, 1.82) is 0 Å². The Morgan fingerprint density at radius 2 is 2.27 bits per heavy atom. The van der Waals surface area contributed by atoms with E-state index in [2.05, 4.69) is 10.3 Å². The van der Waals surface area contributed by atoms with Crippen molar-refractivity contribution in [3.63, 3.8) is 0 Å². The molecule has 0 fully saturated rings. The van der Waals surface area contributed by atoms with Crippen molar-refractivity contribution in [2.24, 2.45) is 0 Å². The lowest BCUT2D eigenvalue weighted by Gasteiger charge is -2.03. The molecule has 1 heterocycles. The summed E-state index contributed by atoms with van der Waals surface area (Å²) in [6.45, 7) is 0.794. The van der Waals surface area contributed by atoms with Crippen LogP contribution in [0.15, 0.2) is 24.4 Å². The van der Waals surface area contributed by atoms with Crippen LogP contribution in [0.5, 0.6) is 0 Å². The number of hydrogen-bond acceptors (Lipinski definition) is 3. The van der Waals surface area contributed by atoms with Crippen LogP contribution in [0, 0.1) is 0 Å². The molecule has 0 aliphatic rings. The van der Waals surface area contributed by atoms with Gasteiger partial charge in [-0.15, -0.1) is 0 Å². The van der Waals surface area contributed by atoms with Gasteiger partial charge in [-0.3, -0.25) is 9.78 Å². The number of carbonyl (C=O) groups is 1. The number of rotatable bonds is 6. The highest BCUT2D eigenvalue weighted by Crippen LogP contribution is 1.94. The molecular weight excluding hydrogens is 192 g/mol. The number of carbonyl (C=O) groups excluding carboxylic acids is 1. The summed E-state index contributed by atoms with van der Waals surface area (Å²) in [6, 6.07) is 5.51. The number of aromatic nitrogens is 1. The Morgan fingerprint density at radius 3 is 2.93 bits per heavy atom. The fourth-order valence-electron chi connectivity index (χ4n) is 1.19. The number of aliphatic hydroxyl groups is 1. The maximum atomic E-state index is 11.4. The van der Waals surface area contributed by atoms with Crippen molar-refractivity contribution in [3.8, 4) is 0 Å². The lowest BCUT2D eigenvalue weighted by atomic mass is 10.2. The summed E-state index contributed by atoms with van der Waals surface area (Å²) in [5.74, 6) is -0.0216. The molecule has 0 spiro atoms. The third-order valence-corrected chi connectivity index (χ3v) is 1.97. The first-order valence-electron chi connectivity index (χ1n) is 5.10. The van der Waals surface area contributed by atoms with Gasteiger partial charge in [-0.1, -0.05) is 6.07 Å². The van der Waals surface area contributed by atoms with Crippen molar-refractivity contribution < 1.29 is 9.90 Å². The molecule has 0 atom stereocenters. The van der Waals surface area contributed by atoms with E-state index >= 15 is 0 Å². The summed E-state index contributed by atoms with van der Waals surface area (Å²) in [7, 11) is 0. The van der Waals surface area contributed by atoms with Crippen LogP contribution in [0.3, 0.4) is 0 Å². The van der Waals surface area contributed by atoms with E-state index in [9.17, 15) is 4.79 Å². The largest absolute Gasteiger partial charge is 0.396 e. The minimum absolute atomic E-state index is 0.0216. The quantitative estimate of drug-likeness (QED) is 0.670. The molecule has 0 saturated carbocycles. The van der Waals surface area contributed by atoms with Gasteiger partial charge in [0.05, 0.1) is 6.42 Å². The number of hydrogen-bond donors (Lipinski definition) is 2. The van der Waals surface area contributed by atoms with Crippen LogP contribution in [0.4, 0.5) is 0 Å². The van der Waals surface area contributed by atoms with Crippen LogP contribution in [0.25, 0.3) is 0 Å². The van der Waals surface area contributed by atoms with E-state index < -0.39 is 0 Å². The Hall–Kier alpha value is -1.42. The number of amides is 1. The molecule has 0 saturated heterocycles. The molecule has 4 nitrogen and oxygen atoms in total. The molecule has 15 heavy (non-hydrogen) atoms. The molecule has 1 amide bonds. The van der Waals surface area contributed by atoms with Crippen LogP contribution < -0.4 is 5.32 Å². The molecule has 0 radical (unpaired) electrons. The molecule has 0 aliphatic heterocycles. The third-order valence-electron chi connectivity index (χ3n) is 1.97. The maximum absolute atomic E-state index is 11.4. The second-order valence-corrected chi connectivity index (χ2v) is 3.28. The van der Waals surface area contributed by atoms with Crippen LogP contribution >= 0.6 is 0 Å². The molecule has 1 rings (SSSR count). The topological polar surface area (TPSA) is 62.2 Å². The zero-order valence-corrected chi connectivity index (χ0v) is 8.65. The van der Waals surface area contributed by atoms with Crippen LogP contribution in [-0.2, 0) is 11.2 Å². The smallest absolute Gasteiger partial charge is 0.226 e. The van der Waals surface area contributed by atoms with Gasteiger partial charge in [0.15, 0.2) is 0 Å². The van der Waals surface area contributed by atoms with Gasteiger partial charge in [-0.25, -0.2) is 0 Å². The van der Waals surface area contributed by atoms with Gasteiger partial charge < -0.3 is 10.4 Å². The molecule has 0 bridgehead atoms. The Bertz CT molecular complexity index is 288. The van der Waals surface area contributed by atoms with E-state index in [0.717, 1.165) is 18.5 Å². The van der Waals surface area contributed by atoms with E-state index in [1.165, 1.54) is 0 Å². The second kappa shape index (κ2) is 6.95. The monoisotopic (exact) mass is 208 g/mol. The molecule has 0 aromatic carbocycles. The molecule has 0 aliphatic carbocycles. The standard InChI is InChI=1S/C11H16N2O2/c14-8-4-3-7-13-11(15)9-10-5-1-2-6-12-10/h1-2,5-6,14H,3-4,7-9H2,(H,13,15). The average Bonchev–Trinajstić information content (AvgIpc) is 2.26. The van der Waals surface area contributed by atoms with E-state index in [1.54, 1.807) is 6.20 Å². The Labute approximate surface area is 89.3 Å². The average molecular weight is 208 g/mol. The van der Waals surface area contributed by atoms with Gasteiger partial charge in [0.1, 0.15) is 0 Å². The summed E-state index contributed by atoms with van der Waals surface area (Å²) in [5, 5.41) is 11.3. The molecule has 4 heteroatoms. The Balaban J connectivity index is 2.19. The molecular formula is C11H16N2O2. The molecule has 82 valence electrons. The van der Waals surface area contributed by atoms with Crippen LogP contribution in [-0.4, -0.2) is 29.1 Å². The SMILES string of the molecule is O=C(Cc1ccccn1)NCCCCO. The van der Waals surface area contributed by atoms with E-state index in [0.29, 0.717) is 13.0 Å². The van der Waals surface area contributed by atoms with Crippen molar-refractivity contribution in [1.82, 2.24) is 10.3 Å². The predicted molar refractivity (Wildman–Crippen MR) is 57.3 cm³/mol. The third kappa shape index (κ3) is 5.12. The normalized spacial score (nSPS) is 9.93. The van der Waals surface area contributed by atoms with Crippen molar-refractivity contribution in [3.05, 3.63) is 30.1 Å². The number of unbranched alkanes of at least 4 members (excludes halogenated alkanes) is 1. The molecule has 0 unspecified atom stereocenters. The highest BCUT2D eigenvalue weighted by atomic mass is 16.2. The van der Waals surface area contributed by atoms with E-state index in [-0.39, 0.29) is 12.5 Å². The lowest BCUT2D eigenvalue weighted by molar-refractivity contribution is -0.120. The first kappa shape index (κ1) is 11.7. The predicted octanol–water partition coefficient (Wildman–Crippen LogP) is 0.513. The summed E-state index contributed by atoms with van der Waals surface area (Å²) in [6.07, 6.45) is 3.53. The summed E-state index contributed by atoms with van der Waals surface area (Å²) >= 11 is 0.